The van der Waals surface area contributed by atoms with Crippen LogP contribution in [0.3, 0.4) is 0 Å². The van der Waals surface area contributed by atoms with E-state index in [2.05, 4.69) is 0 Å². The van der Waals surface area contributed by atoms with Gasteiger partial charge in [0.1, 0.15) is 40.8 Å². The van der Waals surface area contributed by atoms with Crippen LogP contribution in [0.25, 0.3) is 22.3 Å². The lowest BCUT2D eigenvalue weighted by Gasteiger charge is -2.35. The van der Waals surface area contributed by atoms with E-state index in [1.807, 2.05) is 0 Å². The smallest absolute Gasteiger partial charge is 0.239 e. The number of aromatic hydroxyl groups is 3. The molecule has 170 valence electrons. The highest BCUT2D eigenvalue weighted by Gasteiger charge is 2.39. The van der Waals surface area contributed by atoms with E-state index in [-0.39, 0.29) is 51.9 Å². The molecule has 0 spiro atoms. The molecule has 0 saturated carbocycles. The van der Waals surface area contributed by atoms with Crippen molar-refractivity contribution in [3.63, 3.8) is 0 Å². The minimum absolute atomic E-state index is 0.0829. The highest BCUT2D eigenvalue weighted by molar-refractivity contribution is 5.88. The number of methoxy groups -OCH3 is 1. The van der Waals surface area contributed by atoms with Crippen LogP contribution in [0.2, 0.25) is 0 Å². The molecule has 0 unspecified atom stereocenters. The zero-order chi connectivity index (χ0) is 23.2. The van der Waals surface area contributed by atoms with Gasteiger partial charge in [-0.15, -0.1) is 0 Å². The zero-order valence-corrected chi connectivity index (χ0v) is 16.6. The van der Waals surface area contributed by atoms with E-state index in [9.17, 15) is 35.4 Å². The van der Waals surface area contributed by atoms with Gasteiger partial charge in [-0.05, 0) is 18.2 Å². The van der Waals surface area contributed by atoms with E-state index in [4.69, 9.17) is 18.6 Å². The minimum atomic E-state index is -1.60. The van der Waals surface area contributed by atoms with Gasteiger partial charge < -0.3 is 49.3 Å². The Morgan fingerprint density at radius 1 is 1.00 bits per heavy atom. The molecule has 0 bridgehead atoms. The van der Waals surface area contributed by atoms with E-state index in [0.29, 0.717) is 0 Å². The predicted octanol–water partition coefficient (Wildman–Crippen LogP) is 0.403. The van der Waals surface area contributed by atoms with Crippen LogP contribution in [0.5, 0.6) is 28.7 Å². The molecule has 0 amide bonds. The van der Waals surface area contributed by atoms with Crippen molar-refractivity contribution in [1.82, 2.24) is 0 Å². The summed E-state index contributed by atoms with van der Waals surface area (Å²) >= 11 is 0. The number of phenols is 3. The van der Waals surface area contributed by atoms with Crippen LogP contribution in [0.4, 0.5) is 0 Å². The summed E-state index contributed by atoms with van der Waals surface area (Å²) < 4.78 is 21.5. The maximum atomic E-state index is 12.9. The van der Waals surface area contributed by atoms with Crippen molar-refractivity contribution in [2.45, 2.75) is 24.6 Å². The maximum Gasteiger partial charge on any atom is 0.239 e. The van der Waals surface area contributed by atoms with Crippen molar-refractivity contribution < 1.29 is 49.3 Å². The number of aliphatic hydroxyl groups is 3. The molecule has 1 aliphatic heterocycles. The molecule has 2 aromatic carbocycles. The second-order valence-electron chi connectivity index (χ2n) is 7.18. The third-order valence-corrected chi connectivity index (χ3v) is 5.04. The van der Waals surface area contributed by atoms with Gasteiger partial charge in [0.05, 0.1) is 13.7 Å². The molecule has 11 heteroatoms. The van der Waals surface area contributed by atoms with Gasteiger partial charge in [0.2, 0.25) is 17.5 Å². The van der Waals surface area contributed by atoms with Crippen molar-refractivity contribution in [2.24, 2.45) is 0 Å². The Bertz CT molecular complexity index is 1220. The number of fused-ring (bicyclic) bond motifs is 1. The van der Waals surface area contributed by atoms with Crippen molar-refractivity contribution >= 4 is 11.0 Å². The zero-order valence-electron chi connectivity index (χ0n) is 16.6. The first-order chi connectivity index (χ1) is 15.2. The first-order valence-electron chi connectivity index (χ1n) is 9.44. The second-order valence-corrected chi connectivity index (χ2v) is 7.18. The van der Waals surface area contributed by atoms with Crippen LogP contribution in [-0.2, 0) is 4.74 Å². The van der Waals surface area contributed by atoms with E-state index >= 15 is 0 Å². The Balaban J connectivity index is 1.79. The summed E-state index contributed by atoms with van der Waals surface area (Å²) in [5, 5.41) is 59.2. The fraction of sp³-hybridized carbons (Fsp3) is 0.286. The Labute approximate surface area is 179 Å². The van der Waals surface area contributed by atoms with E-state index in [0.717, 1.165) is 12.1 Å². The van der Waals surface area contributed by atoms with Gasteiger partial charge in [0.15, 0.2) is 17.3 Å². The monoisotopic (exact) mass is 448 g/mol. The Morgan fingerprint density at radius 2 is 1.75 bits per heavy atom. The summed E-state index contributed by atoms with van der Waals surface area (Å²) in [6, 6.07) is 6.04. The lowest BCUT2D eigenvalue weighted by atomic mass is 10.1. The Kier molecular flexibility index (Phi) is 5.57. The molecule has 1 aromatic heterocycles. The molecule has 0 radical (unpaired) electrons. The summed E-state index contributed by atoms with van der Waals surface area (Å²) in [5.74, 6) is -1.67. The molecular formula is C21H20O11. The first kappa shape index (κ1) is 21.7. The van der Waals surface area contributed by atoms with E-state index in [1.54, 1.807) is 0 Å². The van der Waals surface area contributed by atoms with Gasteiger partial charge in [-0.1, -0.05) is 0 Å². The third kappa shape index (κ3) is 3.67. The number of rotatable bonds is 4. The van der Waals surface area contributed by atoms with Gasteiger partial charge in [-0.25, -0.2) is 0 Å². The number of ether oxygens (including phenoxy) is 3. The number of phenolic OH excluding ortho intramolecular Hbond substituents is 3. The molecule has 3 aromatic rings. The molecule has 6 N–H and O–H groups in total. The minimum Gasteiger partial charge on any atom is -0.508 e. The molecule has 1 fully saturated rings. The molecular weight excluding hydrogens is 428 g/mol. The van der Waals surface area contributed by atoms with Crippen molar-refractivity contribution in [3.8, 4) is 40.1 Å². The Morgan fingerprint density at radius 3 is 2.47 bits per heavy atom. The first-order valence-corrected chi connectivity index (χ1v) is 9.44. The summed E-state index contributed by atoms with van der Waals surface area (Å²) in [6.07, 6.45) is -5.80. The SMILES string of the molecule is COc1c(-c2ccc(O)c(O[C@H]3OC[C@H](O)[C@@H](O)[C@H]3O)c2)oc2cc(O)cc(O)c2c1=O. The second kappa shape index (κ2) is 8.20. The summed E-state index contributed by atoms with van der Waals surface area (Å²) in [5.41, 5.74) is -0.593. The number of hydrogen-bond acceptors (Lipinski definition) is 11. The Hall–Kier alpha value is -3.51. The predicted molar refractivity (Wildman–Crippen MR) is 108 cm³/mol. The summed E-state index contributed by atoms with van der Waals surface area (Å²) in [4.78, 5) is 12.9. The lowest BCUT2D eigenvalue weighted by Crippen LogP contribution is -2.54. The summed E-state index contributed by atoms with van der Waals surface area (Å²) in [7, 11) is 1.23. The van der Waals surface area contributed by atoms with E-state index in [1.165, 1.54) is 25.3 Å². The highest BCUT2D eigenvalue weighted by atomic mass is 16.7. The molecule has 1 aliphatic rings. The van der Waals surface area contributed by atoms with Gasteiger partial charge in [0, 0.05) is 17.7 Å². The molecule has 4 atom stereocenters. The van der Waals surface area contributed by atoms with Crippen LogP contribution >= 0.6 is 0 Å². The van der Waals surface area contributed by atoms with Gasteiger partial charge in [0.25, 0.3) is 0 Å². The van der Waals surface area contributed by atoms with Gasteiger partial charge >= 0.3 is 0 Å². The quantitative estimate of drug-likeness (QED) is 0.325. The van der Waals surface area contributed by atoms with Crippen LogP contribution in [0.15, 0.2) is 39.5 Å². The molecule has 4 rings (SSSR count). The standard InChI is InChI=1S/C21H20O11/c1-29-20-17(27)15-11(24)5-9(22)6-14(15)31-19(20)8-2-3-10(23)13(4-8)32-21-18(28)16(26)12(25)7-30-21/h2-6,12,16,18,21-26,28H,7H2,1H3/t12-,16+,18+,21+/m0/s1. The topological polar surface area (TPSA) is 179 Å². The fourth-order valence-electron chi connectivity index (χ4n) is 3.40. The number of benzene rings is 2. The lowest BCUT2D eigenvalue weighted by molar-refractivity contribution is -0.242. The van der Waals surface area contributed by atoms with Crippen LogP contribution in [0.1, 0.15) is 0 Å². The fourth-order valence-corrected chi connectivity index (χ4v) is 3.40. The average Bonchev–Trinajstić information content (AvgIpc) is 2.74. The van der Waals surface area contributed by atoms with Crippen LogP contribution in [-0.4, -0.2) is 69.0 Å². The third-order valence-electron chi connectivity index (χ3n) is 5.04. The molecule has 11 nitrogen and oxygen atoms in total. The largest absolute Gasteiger partial charge is 0.508 e. The van der Waals surface area contributed by atoms with Crippen molar-refractivity contribution in [3.05, 3.63) is 40.6 Å². The molecule has 0 aliphatic carbocycles. The molecule has 1 saturated heterocycles. The normalized spacial score (nSPS) is 23.2. The average molecular weight is 448 g/mol. The highest BCUT2D eigenvalue weighted by Crippen LogP contribution is 2.39. The summed E-state index contributed by atoms with van der Waals surface area (Å²) in [6.45, 7) is -0.302. The van der Waals surface area contributed by atoms with E-state index < -0.39 is 35.8 Å². The number of aliphatic hydroxyl groups excluding tert-OH is 3. The van der Waals surface area contributed by atoms with Crippen LogP contribution in [0, 0.1) is 0 Å². The van der Waals surface area contributed by atoms with Crippen LogP contribution < -0.4 is 14.9 Å². The van der Waals surface area contributed by atoms with Gasteiger partial charge in [-0.2, -0.15) is 0 Å². The van der Waals surface area contributed by atoms with Crippen molar-refractivity contribution in [1.29, 1.82) is 0 Å². The molecule has 2 heterocycles. The number of hydrogen-bond donors (Lipinski definition) is 6. The maximum absolute atomic E-state index is 12.9. The van der Waals surface area contributed by atoms with Crippen molar-refractivity contribution in [2.75, 3.05) is 13.7 Å². The van der Waals surface area contributed by atoms with Gasteiger partial charge in [-0.3, -0.25) is 4.79 Å². The molecule has 32 heavy (non-hydrogen) atoms.